The highest BCUT2D eigenvalue weighted by atomic mass is 32.1. The SMILES string of the molecule is CCC(N)c1cnc(C)s1. The van der Waals surface area contributed by atoms with E-state index in [-0.39, 0.29) is 6.04 Å². The molecule has 3 heteroatoms. The summed E-state index contributed by atoms with van der Waals surface area (Å²) in [4.78, 5) is 5.32. The number of hydrogen-bond acceptors (Lipinski definition) is 3. The van der Waals surface area contributed by atoms with Crippen LogP contribution >= 0.6 is 11.3 Å². The standard InChI is InChI=1S/C7H12N2S/c1-3-6(8)7-4-9-5(2)10-7/h4,6H,3,8H2,1-2H3. The molecule has 1 rings (SSSR count). The Morgan fingerprint density at radius 3 is 2.90 bits per heavy atom. The van der Waals surface area contributed by atoms with Crippen LogP contribution < -0.4 is 5.73 Å². The molecule has 0 bridgehead atoms. The van der Waals surface area contributed by atoms with Crippen molar-refractivity contribution in [3.05, 3.63) is 16.1 Å². The topological polar surface area (TPSA) is 38.9 Å². The van der Waals surface area contributed by atoms with Crippen LogP contribution in [0, 0.1) is 6.92 Å². The Morgan fingerprint density at radius 1 is 1.80 bits per heavy atom. The van der Waals surface area contributed by atoms with Gasteiger partial charge in [0.05, 0.1) is 5.01 Å². The van der Waals surface area contributed by atoms with Crippen molar-refractivity contribution in [1.82, 2.24) is 4.98 Å². The Bertz CT molecular complexity index is 207. The van der Waals surface area contributed by atoms with Crippen molar-refractivity contribution in [2.75, 3.05) is 0 Å². The van der Waals surface area contributed by atoms with Crippen molar-refractivity contribution < 1.29 is 0 Å². The molecule has 1 heterocycles. The Hall–Kier alpha value is -0.410. The summed E-state index contributed by atoms with van der Waals surface area (Å²) in [6.45, 7) is 4.08. The largest absolute Gasteiger partial charge is 0.323 e. The highest BCUT2D eigenvalue weighted by Crippen LogP contribution is 2.19. The molecule has 10 heavy (non-hydrogen) atoms. The summed E-state index contributed by atoms with van der Waals surface area (Å²) in [7, 11) is 0. The van der Waals surface area contributed by atoms with Crippen molar-refractivity contribution in [3.63, 3.8) is 0 Å². The Labute approximate surface area is 65.1 Å². The molecule has 0 amide bonds. The van der Waals surface area contributed by atoms with Gasteiger partial charge in [-0.1, -0.05) is 6.92 Å². The van der Waals surface area contributed by atoms with Crippen LogP contribution in [0.3, 0.4) is 0 Å². The lowest BCUT2D eigenvalue weighted by Gasteiger charge is -2.02. The van der Waals surface area contributed by atoms with Crippen LogP contribution in [0.1, 0.15) is 29.3 Å². The highest BCUT2D eigenvalue weighted by molar-refractivity contribution is 7.11. The van der Waals surface area contributed by atoms with Gasteiger partial charge in [-0.3, -0.25) is 0 Å². The molecule has 0 saturated heterocycles. The smallest absolute Gasteiger partial charge is 0.0897 e. The number of hydrogen-bond donors (Lipinski definition) is 1. The Balaban J connectivity index is 2.74. The fourth-order valence-electron chi connectivity index (χ4n) is 0.750. The van der Waals surface area contributed by atoms with Crippen LogP contribution in [0.15, 0.2) is 6.20 Å². The van der Waals surface area contributed by atoms with E-state index in [0.29, 0.717) is 0 Å². The molecular formula is C7H12N2S. The molecule has 1 atom stereocenters. The first-order valence-electron chi connectivity index (χ1n) is 3.42. The van der Waals surface area contributed by atoms with Crippen molar-refractivity contribution in [2.24, 2.45) is 5.73 Å². The van der Waals surface area contributed by atoms with Crippen molar-refractivity contribution >= 4 is 11.3 Å². The van der Waals surface area contributed by atoms with E-state index in [0.717, 1.165) is 11.4 Å². The molecule has 0 aliphatic heterocycles. The van der Waals surface area contributed by atoms with Crippen molar-refractivity contribution in [2.45, 2.75) is 26.3 Å². The number of thiazole rings is 1. The van der Waals surface area contributed by atoms with Crippen LogP contribution in [-0.2, 0) is 0 Å². The molecule has 2 N–H and O–H groups in total. The second-order valence-electron chi connectivity index (χ2n) is 2.30. The van der Waals surface area contributed by atoms with Gasteiger partial charge in [0.2, 0.25) is 0 Å². The van der Waals surface area contributed by atoms with E-state index in [9.17, 15) is 0 Å². The molecule has 1 aromatic heterocycles. The predicted octanol–water partition coefficient (Wildman–Crippen LogP) is 1.86. The van der Waals surface area contributed by atoms with Gasteiger partial charge in [0.25, 0.3) is 0 Å². The first-order valence-corrected chi connectivity index (χ1v) is 4.23. The summed E-state index contributed by atoms with van der Waals surface area (Å²) in [5, 5.41) is 1.10. The average Bonchev–Trinajstić information content (AvgIpc) is 2.34. The molecule has 0 aromatic carbocycles. The summed E-state index contributed by atoms with van der Waals surface area (Å²) in [5.41, 5.74) is 5.78. The minimum atomic E-state index is 0.186. The van der Waals surface area contributed by atoms with Gasteiger partial charge in [-0.2, -0.15) is 0 Å². The van der Waals surface area contributed by atoms with Gasteiger partial charge in [0, 0.05) is 17.1 Å². The molecule has 56 valence electrons. The predicted molar refractivity (Wildman–Crippen MR) is 44.1 cm³/mol. The van der Waals surface area contributed by atoms with Gasteiger partial charge in [-0.05, 0) is 13.3 Å². The lowest BCUT2D eigenvalue weighted by molar-refractivity contribution is 0.710. The third-order valence-corrected chi connectivity index (χ3v) is 2.49. The van der Waals surface area contributed by atoms with Crippen LogP contribution in [0.25, 0.3) is 0 Å². The lowest BCUT2D eigenvalue weighted by atomic mass is 10.2. The molecule has 0 aliphatic carbocycles. The molecule has 0 aliphatic rings. The van der Waals surface area contributed by atoms with E-state index in [1.54, 1.807) is 11.3 Å². The molecule has 2 nitrogen and oxygen atoms in total. The van der Waals surface area contributed by atoms with Gasteiger partial charge in [-0.25, -0.2) is 4.98 Å². The van der Waals surface area contributed by atoms with E-state index in [1.807, 2.05) is 13.1 Å². The first-order chi connectivity index (χ1) is 4.74. The zero-order chi connectivity index (χ0) is 7.56. The molecule has 1 unspecified atom stereocenters. The van der Waals surface area contributed by atoms with Crippen LogP contribution in [0.5, 0.6) is 0 Å². The number of nitrogens with two attached hydrogens (primary N) is 1. The second kappa shape index (κ2) is 3.12. The number of aryl methyl sites for hydroxylation is 1. The van der Waals surface area contributed by atoms with Crippen molar-refractivity contribution in [3.8, 4) is 0 Å². The van der Waals surface area contributed by atoms with Gasteiger partial charge < -0.3 is 5.73 Å². The third-order valence-electron chi connectivity index (χ3n) is 1.44. The summed E-state index contributed by atoms with van der Waals surface area (Å²) < 4.78 is 0. The third kappa shape index (κ3) is 1.55. The van der Waals surface area contributed by atoms with E-state index in [1.165, 1.54) is 4.88 Å². The van der Waals surface area contributed by atoms with Crippen LogP contribution in [0.4, 0.5) is 0 Å². The zero-order valence-electron chi connectivity index (χ0n) is 6.29. The fraction of sp³-hybridized carbons (Fsp3) is 0.571. The first kappa shape index (κ1) is 7.69. The van der Waals surface area contributed by atoms with E-state index in [4.69, 9.17) is 5.73 Å². The lowest BCUT2D eigenvalue weighted by Crippen LogP contribution is -2.05. The maximum absolute atomic E-state index is 5.78. The quantitative estimate of drug-likeness (QED) is 0.709. The maximum atomic E-state index is 5.78. The molecular weight excluding hydrogens is 144 g/mol. The summed E-state index contributed by atoms with van der Waals surface area (Å²) in [6, 6.07) is 0.186. The van der Waals surface area contributed by atoms with Gasteiger partial charge in [0.1, 0.15) is 0 Å². The van der Waals surface area contributed by atoms with Crippen molar-refractivity contribution in [1.29, 1.82) is 0 Å². The minimum absolute atomic E-state index is 0.186. The molecule has 1 aromatic rings. The minimum Gasteiger partial charge on any atom is -0.323 e. The number of rotatable bonds is 2. The Morgan fingerprint density at radius 2 is 2.50 bits per heavy atom. The van der Waals surface area contributed by atoms with Crippen LogP contribution in [-0.4, -0.2) is 4.98 Å². The van der Waals surface area contributed by atoms with E-state index in [2.05, 4.69) is 11.9 Å². The van der Waals surface area contributed by atoms with Gasteiger partial charge in [0.15, 0.2) is 0 Å². The highest BCUT2D eigenvalue weighted by Gasteiger charge is 2.04. The Kier molecular flexibility index (Phi) is 2.40. The number of aromatic nitrogens is 1. The van der Waals surface area contributed by atoms with E-state index >= 15 is 0 Å². The summed E-state index contributed by atoms with van der Waals surface area (Å²) in [6.07, 6.45) is 2.86. The van der Waals surface area contributed by atoms with Crippen LogP contribution in [0.2, 0.25) is 0 Å². The normalized spacial score (nSPS) is 13.5. The molecule has 0 radical (unpaired) electrons. The van der Waals surface area contributed by atoms with Gasteiger partial charge in [-0.15, -0.1) is 11.3 Å². The van der Waals surface area contributed by atoms with E-state index < -0.39 is 0 Å². The fourth-order valence-corrected chi connectivity index (χ4v) is 1.62. The molecule has 0 spiro atoms. The second-order valence-corrected chi connectivity index (χ2v) is 3.56. The average molecular weight is 156 g/mol. The monoisotopic (exact) mass is 156 g/mol. The molecule has 0 fully saturated rings. The maximum Gasteiger partial charge on any atom is 0.0897 e. The van der Waals surface area contributed by atoms with Gasteiger partial charge >= 0.3 is 0 Å². The summed E-state index contributed by atoms with van der Waals surface area (Å²) >= 11 is 1.68. The summed E-state index contributed by atoms with van der Waals surface area (Å²) in [5.74, 6) is 0. The molecule has 0 saturated carbocycles. The zero-order valence-corrected chi connectivity index (χ0v) is 7.11. The number of nitrogens with zero attached hydrogens (tertiary/aromatic N) is 1.